The third kappa shape index (κ3) is 3.21. The molecule has 0 aliphatic heterocycles. The Morgan fingerprint density at radius 3 is 2.36 bits per heavy atom. The Bertz CT molecular complexity index is 274. The fraction of sp³-hybridized carbons (Fsp3) is 0.333. The van der Waals surface area contributed by atoms with Gasteiger partial charge in [-0.1, -0.05) is 30.3 Å². The molecule has 3 N–H and O–H groups in total. The van der Waals surface area contributed by atoms with Crippen LogP contribution >= 0.6 is 11.6 Å². The van der Waals surface area contributed by atoms with E-state index in [4.69, 9.17) is 17.4 Å². The minimum Gasteiger partial charge on any atom is -0.271 e. The zero-order chi connectivity index (χ0) is 10.6. The molecule has 0 saturated heterocycles. The van der Waals surface area contributed by atoms with E-state index in [9.17, 15) is 8.78 Å². The highest BCUT2D eigenvalue weighted by Gasteiger charge is 2.36. The summed E-state index contributed by atoms with van der Waals surface area (Å²) in [6.45, 7) is 0. The topological polar surface area (TPSA) is 38.0 Å². The zero-order valence-corrected chi connectivity index (χ0v) is 8.14. The number of nitrogens with two attached hydrogens (primary N) is 1. The van der Waals surface area contributed by atoms with Gasteiger partial charge >= 0.3 is 5.38 Å². The highest BCUT2D eigenvalue weighted by atomic mass is 35.5. The average Bonchev–Trinajstić information content (AvgIpc) is 2.14. The van der Waals surface area contributed by atoms with E-state index in [1.807, 2.05) is 11.5 Å². The van der Waals surface area contributed by atoms with Gasteiger partial charge in [0.05, 0.1) is 0 Å². The highest BCUT2D eigenvalue weighted by molar-refractivity contribution is 6.22. The lowest BCUT2D eigenvalue weighted by Crippen LogP contribution is -2.46. The Balaban J connectivity index is 2.67. The molecule has 1 unspecified atom stereocenters. The summed E-state index contributed by atoms with van der Waals surface area (Å²) in [7, 11) is 0. The van der Waals surface area contributed by atoms with Crippen molar-refractivity contribution >= 4 is 11.6 Å². The van der Waals surface area contributed by atoms with Gasteiger partial charge in [-0.15, -0.1) is 0 Å². The first-order chi connectivity index (χ1) is 6.54. The van der Waals surface area contributed by atoms with Gasteiger partial charge in [-0.05, 0) is 23.6 Å². The molecular weight excluding hydrogens is 210 g/mol. The summed E-state index contributed by atoms with van der Waals surface area (Å²) in [6, 6.07) is 7.59. The first-order valence-electron chi connectivity index (χ1n) is 4.11. The number of hydrogen-bond donors (Lipinski definition) is 2. The molecule has 1 aromatic carbocycles. The van der Waals surface area contributed by atoms with Crippen molar-refractivity contribution < 1.29 is 8.78 Å². The van der Waals surface area contributed by atoms with Crippen molar-refractivity contribution in [2.75, 3.05) is 0 Å². The van der Waals surface area contributed by atoms with E-state index in [0.29, 0.717) is 0 Å². The van der Waals surface area contributed by atoms with E-state index < -0.39 is 11.4 Å². The van der Waals surface area contributed by atoms with Crippen molar-refractivity contribution in [3.8, 4) is 0 Å². The van der Waals surface area contributed by atoms with Crippen molar-refractivity contribution in [3.05, 3.63) is 35.9 Å². The number of hydrazine groups is 1. The monoisotopic (exact) mass is 220 g/mol. The number of benzene rings is 1. The van der Waals surface area contributed by atoms with Gasteiger partial charge in [0.2, 0.25) is 0 Å². The standard InChI is InChI=1S/C9H11ClF2N2/c10-9(11,12)8(14-13)6-7-4-2-1-3-5-7/h1-5,8,14H,6,13H2. The molecule has 14 heavy (non-hydrogen) atoms. The number of nitrogens with one attached hydrogen (secondary N) is 1. The van der Waals surface area contributed by atoms with Crippen LogP contribution in [0.1, 0.15) is 5.56 Å². The fourth-order valence-electron chi connectivity index (χ4n) is 1.12. The Morgan fingerprint density at radius 1 is 1.36 bits per heavy atom. The van der Waals surface area contributed by atoms with Crippen molar-refractivity contribution in [1.82, 2.24) is 5.43 Å². The highest BCUT2D eigenvalue weighted by Crippen LogP contribution is 2.25. The minimum absolute atomic E-state index is 0.0911. The van der Waals surface area contributed by atoms with Gasteiger partial charge in [0, 0.05) is 0 Å². The lowest BCUT2D eigenvalue weighted by Gasteiger charge is -2.20. The maximum Gasteiger partial charge on any atom is 0.338 e. The van der Waals surface area contributed by atoms with Gasteiger partial charge in [0.1, 0.15) is 6.04 Å². The summed E-state index contributed by atoms with van der Waals surface area (Å²) in [5, 5.41) is -3.34. The van der Waals surface area contributed by atoms with Crippen molar-refractivity contribution in [3.63, 3.8) is 0 Å². The quantitative estimate of drug-likeness (QED) is 0.462. The molecule has 5 heteroatoms. The summed E-state index contributed by atoms with van der Waals surface area (Å²) < 4.78 is 25.4. The van der Waals surface area contributed by atoms with E-state index in [1.54, 1.807) is 24.3 Å². The second-order valence-electron chi connectivity index (χ2n) is 2.95. The summed E-state index contributed by atoms with van der Waals surface area (Å²) in [4.78, 5) is 0. The molecule has 0 bridgehead atoms. The predicted molar refractivity (Wildman–Crippen MR) is 52.1 cm³/mol. The molecule has 78 valence electrons. The van der Waals surface area contributed by atoms with Gasteiger partial charge in [-0.25, -0.2) is 5.43 Å². The van der Waals surface area contributed by atoms with Crippen LogP contribution in [0.15, 0.2) is 30.3 Å². The van der Waals surface area contributed by atoms with E-state index in [0.717, 1.165) is 5.56 Å². The first-order valence-corrected chi connectivity index (χ1v) is 4.48. The third-order valence-electron chi connectivity index (χ3n) is 1.88. The molecular formula is C9H11ClF2N2. The van der Waals surface area contributed by atoms with Crippen LogP contribution in [0.2, 0.25) is 0 Å². The number of halogens is 3. The minimum atomic E-state index is -3.34. The zero-order valence-electron chi connectivity index (χ0n) is 7.38. The predicted octanol–water partition coefficient (Wildman–Crippen LogP) is 1.89. The van der Waals surface area contributed by atoms with Crippen LogP contribution in [-0.2, 0) is 6.42 Å². The van der Waals surface area contributed by atoms with Crippen molar-refractivity contribution in [1.29, 1.82) is 0 Å². The van der Waals surface area contributed by atoms with Crippen LogP contribution in [-0.4, -0.2) is 11.4 Å². The maximum atomic E-state index is 12.7. The largest absolute Gasteiger partial charge is 0.338 e. The summed E-state index contributed by atoms with van der Waals surface area (Å²) >= 11 is 4.87. The van der Waals surface area contributed by atoms with E-state index in [-0.39, 0.29) is 6.42 Å². The van der Waals surface area contributed by atoms with Gasteiger partial charge < -0.3 is 0 Å². The molecule has 0 spiro atoms. The smallest absolute Gasteiger partial charge is 0.271 e. The second-order valence-corrected chi connectivity index (χ2v) is 3.45. The summed E-state index contributed by atoms with van der Waals surface area (Å²) in [6.07, 6.45) is 0.0911. The van der Waals surface area contributed by atoms with Crippen LogP contribution in [0.25, 0.3) is 0 Å². The normalized spacial score (nSPS) is 14.0. The Morgan fingerprint density at radius 2 is 1.93 bits per heavy atom. The molecule has 0 aromatic heterocycles. The fourth-order valence-corrected chi connectivity index (χ4v) is 1.26. The molecule has 1 aromatic rings. The van der Waals surface area contributed by atoms with Crippen molar-refractivity contribution in [2.45, 2.75) is 17.8 Å². The van der Waals surface area contributed by atoms with E-state index >= 15 is 0 Å². The maximum absolute atomic E-state index is 12.7. The van der Waals surface area contributed by atoms with Gasteiger partial charge in [-0.2, -0.15) is 8.78 Å². The lowest BCUT2D eigenvalue weighted by atomic mass is 10.1. The Kier molecular flexibility index (Phi) is 3.80. The lowest BCUT2D eigenvalue weighted by molar-refractivity contribution is 0.0503. The SMILES string of the molecule is NNC(Cc1ccccc1)C(F)(F)Cl. The molecule has 0 radical (unpaired) electrons. The van der Waals surface area contributed by atoms with E-state index in [1.165, 1.54) is 0 Å². The van der Waals surface area contributed by atoms with E-state index in [2.05, 4.69) is 0 Å². The van der Waals surface area contributed by atoms with Gasteiger partial charge in [0.25, 0.3) is 0 Å². The third-order valence-corrected chi connectivity index (χ3v) is 2.14. The molecule has 2 nitrogen and oxygen atoms in total. The number of hydrogen-bond acceptors (Lipinski definition) is 2. The molecule has 1 atom stereocenters. The molecule has 0 aliphatic rings. The van der Waals surface area contributed by atoms with Gasteiger partial charge in [-0.3, -0.25) is 5.84 Å². The average molecular weight is 221 g/mol. The van der Waals surface area contributed by atoms with Crippen LogP contribution < -0.4 is 11.3 Å². The first kappa shape index (κ1) is 11.4. The summed E-state index contributed by atoms with van der Waals surface area (Å²) in [5.41, 5.74) is 2.77. The molecule has 1 rings (SSSR count). The Labute approximate surface area is 86.0 Å². The number of rotatable bonds is 4. The molecule has 0 aliphatic carbocycles. The number of alkyl halides is 3. The molecule has 0 fully saturated rings. The van der Waals surface area contributed by atoms with Crippen LogP contribution in [0, 0.1) is 0 Å². The molecule has 0 amide bonds. The van der Waals surface area contributed by atoms with Crippen molar-refractivity contribution in [2.24, 2.45) is 5.84 Å². The second kappa shape index (κ2) is 4.68. The van der Waals surface area contributed by atoms with Gasteiger partial charge in [0.15, 0.2) is 0 Å². The van der Waals surface area contributed by atoms with Crippen LogP contribution in [0.3, 0.4) is 0 Å². The summed E-state index contributed by atoms with van der Waals surface area (Å²) in [5.74, 6) is 4.99. The van der Waals surface area contributed by atoms with Crippen LogP contribution in [0.5, 0.6) is 0 Å². The van der Waals surface area contributed by atoms with Crippen LogP contribution in [0.4, 0.5) is 8.78 Å². The Hall–Kier alpha value is -0.710. The molecule has 0 heterocycles. The molecule has 0 saturated carbocycles.